The molecule has 0 saturated heterocycles. The monoisotopic (exact) mass is 678 g/mol. The van der Waals surface area contributed by atoms with E-state index < -0.39 is 27.4 Å². The van der Waals surface area contributed by atoms with E-state index in [9.17, 15) is 0 Å². The molecule has 1 aliphatic heterocycles. The van der Waals surface area contributed by atoms with Gasteiger partial charge < -0.3 is 0 Å². The van der Waals surface area contributed by atoms with Crippen LogP contribution in [0.5, 0.6) is 0 Å². The van der Waals surface area contributed by atoms with Crippen LogP contribution in [0, 0.1) is 0 Å². The average Bonchev–Trinajstić information content (AvgIpc) is 3.54. The van der Waals surface area contributed by atoms with Gasteiger partial charge in [-0.1, -0.05) is 0 Å². The summed E-state index contributed by atoms with van der Waals surface area (Å²) in [4.78, 5) is 0. The first-order valence-corrected chi connectivity index (χ1v) is 25.1. The fourth-order valence-corrected chi connectivity index (χ4v) is 24.3. The molecule has 0 saturated carbocycles. The van der Waals surface area contributed by atoms with Crippen LogP contribution >= 0.6 is 17.0 Å². The molecule has 2 aliphatic rings. The van der Waals surface area contributed by atoms with Crippen LogP contribution < -0.4 is 13.6 Å². The summed E-state index contributed by atoms with van der Waals surface area (Å²) in [6.07, 6.45) is 2.40. The number of hydrogen-bond donors (Lipinski definition) is 0. The fourth-order valence-electron chi connectivity index (χ4n) is 7.19. The van der Waals surface area contributed by atoms with E-state index in [0.717, 1.165) is 0 Å². The van der Waals surface area contributed by atoms with Crippen molar-refractivity contribution in [3.05, 3.63) is 131 Å². The Kier molecular flexibility index (Phi) is 7.14. The van der Waals surface area contributed by atoms with Gasteiger partial charge in [0.2, 0.25) is 0 Å². The van der Waals surface area contributed by atoms with Crippen LogP contribution in [0.25, 0.3) is 39.5 Å². The molecule has 0 N–H and O–H groups in total. The second kappa shape index (κ2) is 10.6. The molecule has 7 rings (SSSR count). The fraction of sp³-hybridized carbons (Fsp3) is 0.158. The molecule has 0 nitrogen and oxygen atoms in total. The number of allylic oxidation sites excluding steroid dienone is 1. The van der Waals surface area contributed by atoms with Crippen LogP contribution in [0.3, 0.4) is 0 Å². The zero-order valence-electron chi connectivity index (χ0n) is 24.5. The minimum atomic E-state index is -3.99. The van der Waals surface area contributed by atoms with Gasteiger partial charge in [0.1, 0.15) is 0 Å². The molecule has 1 aliphatic carbocycles. The Morgan fingerprint density at radius 1 is 0.667 bits per heavy atom. The molecule has 0 radical (unpaired) electrons. The predicted molar refractivity (Wildman–Crippen MR) is 183 cm³/mol. The first-order valence-electron chi connectivity index (χ1n) is 14.7. The van der Waals surface area contributed by atoms with Crippen molar-refractivity contribution in [3.63, 3.8) is 0 Å². The Balaban J connectivity index is 1.43. The Morgan fingerprint density at radius 2 is 1.31 bits per heavy atom. The van der Waals surface area contributed by atoms with Crippen LogP contribution in [-0.2, 0) is 23.3 Å². The first kappa shape index (κ1) is 28.3. The number of halogens is 2. The van der Waals surface area contributed by atoms with E-state index in [1.54, 1.807) is 0 Å². The normalized spacial score (nSPS) is 16.2. The molecule has 1 heterocycles. The topological polar surface area (TPSA) is 0 Å². The van der Waals surface area contributed by atoms with Crippen molar-refractivity contribution < 1.29 is 17.9 Å². The summed E-state index contributed by atoms with van der Waals surface area (Å²) < 4.78 is 1.35. The zero-order chi connectivity index (χ0) is 29.2. The van der Waals surface area contributed by atoms with Crippen LogP contribution in [-0.4, -0.2) is 9.52 Å². The summed E-state index contributed by atoms with van der Waals surface area (Å²) in [5.74, 6) is 0. The van der Waals surface area contributed by atoms with Crippen molar-refractivity contribution in [2.45, 2.75) is 36.7 Å². The SMILES string of the molecule is CC1=Cc2c(ccc(C(C)(C)C)c2-c2ccccc2-c2ccccc2)[CH]1[Zr]([Cl])([Cl])[c]1cccc2c1[SiH2]c1ccccc1-2. The van der Waals surface area contributed by atoms with Crippen molar-refractivity contribution in [2.75, 3.05) is 0 Å². The van der Waals surface area contributed by atoms with Crippen LogP contribution in [0.2, 0.25) is 0 Å². The molecule has 4 heteroatoms. The second-order valence-corrected chi connectivity index (χ2v) is 28.6. The summed E-state index contributed by atoms with van der Waals surface area (Å²) in [6.45, 7) is 9.19. The van der Waals surface area contributed by atoms with Gasteiger partial charge in [0.05, 0.1) is 0 Å². The van der Waals surface area contributed by atoms with E-state index in [-0.39, 0.29) is 9.04 Å². The Labute approximate surface area is 263 Å². The van der Waals surface area contributed by atoms with E-state index in [1.165, 1.54) is 69.3 Å². The molecule has 0 spiro atoms. The zero-order valence-corrected chi connectivity index (χ0v) is 29.9. The van der Waals surface area contributed by atoms with Crippen molar-refractivity contribution in [3.8, 4) is 33.4 Å². The number of fused-ring (bicyclic) bond motifs is 4. The van der Waals surface area contributed by atoms with Gasteiger partial charge in [-0.25, -0.2) is 0 Å². The van der Waals surface area contributed by atoms with Crippen molar-refractivity contribution in [1.82, 2.24) is 0 Å². The molecule has 0 amide bonds. The van der Waals surface area contributed by atoms with Crippen molar-refractivity contribution >= 4 is 46.3 Å². The molecule has 1 unspecified atom stereocenters. The number of hydrogen-bond acceptors (Lipinski definition) is 0. The molecule has 5 aromatic rings. The summed E-state index contributed by atoms with van der Waals surface area (Å²) in [7, 11) is 15.0. The molecule has 0 bridgehead atoms. The summed E-state index contributed by atoms with van der Waals surface area (Å²) >= 11 is -3.99. The summed E-state index contributed by atoms with van der Waals surface area (Å²) in [5, 5.41) is 2.98. The molecule has 5 aromatic carbocycles. The van der Waals surface area contributed by atoms with Gasteiger partial charge in [0, 0.05) is 0 Å². The second-order valence-electron chi connectivity index (χ2n) is 12.8. The maximum atomic E-state index is 7.83. The van der Waals surface area contributed by atoms with Gasteiger partial charge in [0.25, 0.3) is 0 Å². The number of benzene rings is 5. The van der Waals surface area contributed by atoms with Crippen molar-refractivity contribution in [1.29, 1.82) is 0 Å². The van der Waals surface area contributed by atoms with Crippen LogP contribution in [0.15, 0.2) is 115 Å². The minimum absolute atomic E-state index is 0.0338. The van der Waals surface area contributed by atoms with Crippen LogP contribution in [0.1, 0.15) is 48.0 Å². The average molecular weight is 681 g/mol. The molecule has 0 fully saturated rings. The molecule has 1 atom stereocenters. The summed E-state index contributed by atoms with van der Waals surface area (Å²) in [6, 6.07) is 39.9. The third kappa shape index (κ3) is 4.58. The van der Waals surface area contributed by atoms with Gasteiger partial charge in [-0.2, -0.15) is 0 Å². The Morgan fingerprint density at radius 3 is 2.05 bits per heavy atom. The predicted octanol–water partition coefficient (Wildman–Crippen LogP) is 8.66. The maximum absolute atomic E-state index is 7.83. The Bertz CT molecular complexity index is 1880. The molecule has 0 aromatic heterocycles. The first-order chi connectivity index (χ1) is 20.2. The number of rotatable bonds is 4. The molecular formula is C38H34Cl2SiZr. The third-order valence-electron chi connectivity index (χ3n) is 9.08. The molecule has 42 heavy (non-hydrogen) atoms. The van der Waals surface area contributed by atoms with Gasteiger partial charge in [0.15, 0.2) is 0 Å². The standard InChI is InChI=1S/C26H25.C12H9Si.2ClH.Zr/c1-18-16-20-14-15-24(26(2,3)4)25(23(20)17-18)22-13-9-8-12-21(22)19-10-6-5-7-11-19;1-3-7-11-9(5-1)10-6-2-4-8-12(10)13-11;;;/h5-17H,1-4H3;1-7H,13H2;2*1H;/q;;;;+2/p-2. The van der Waals surface area contributed by atoms with Crippen molar-refractivity contribution in [2.24, 2.45) is 0 Å². The third-order valence-corrected chi connectivity index (χ3v) is 23.6. The van der Waals surface area contributed by atoms with Gasteiger partial charge >= 0.3 is 266 Å². The van der Waals surface area contributed by atoms with E-state index in [2.05, 4.69) is 143 Å². The van der Waals surface area contributed by atoms with Gasteiger partial charge in [-0.15, -0.1) is 0 Å². The Hall–Kier alpha value is -2.48. The summed E-state index contributed by atoms with van der Waals surface area (Å²) in [5.41, 5.74) is 13.0. The van der Waals surface area contributed by atoms with E-state index in [0.29, 0.717) is 0 Å². The van der Waals surface area contributed by atoms with E-state index >= 15 is 0 Å². The quantitative estimate of drug-likeness (QED) is 0.164. The van der Waals surface area contributed by atoms with E-state index in [4.69, 9.17) is 17.0 Å². The molecule has 208 valence electrons. The van der Waals surface area contributed by atoms with Gasteiger partial charge in [-0.3, -0.25) is 0 Å². The van der Waals surface area contributed by atoms with Crippen LogP contribution in [0.4, 0.5) is 0 Å². The van der Waals surface area contributed by atoms with E-state index in [1.807, 2.05) is 0 Å². The van der Waals surface area contributed by atoms with Gasteiger partial charge in [-0.05, 0) is 0 Å². The molecular weight excluding hydrogens is 647 g/mol.